The summed E-state index contributed by atoms with van der Waals surface area (Å²) in [6, 6.07) is 0. The van der Waals surface area contributed by atoms with Crippen molar-refractivity contribution < 1.29 is 17.6 Å². The first-order valence-electron chi connectivity index (χ1n) is 5.87. The zero-order valence-corrected chi connectivity index (χ0v) is 12.1. The Morgan fingerprint density at radius 1 is 1.53 bits per heavy atom. The van der Waals surface area contributed by atoms with Crippen molar-refractivity contribution >= 4 is 27.5 Å². The lowest BCUT2D eigenvalue weighted by Gasteiger charge is -2.00. The first-order valence-corrected chi connectivity index (χ1v) is 8.68. The molecule has 9 heteroatoms. The summed E-state index contributed by atoms with van der Waals surface area (Å²) < 4.78 is 28.2. The summed E-state index contributed by atoms with van der Waals surface area (Å²) in [6.07, 6.45) is 0.542. The van der Waals surface area contributed by atoms with E-state index in [4.69, 9.17) is 4.42 Å². The molecular formula is C10H15N3O4S2. The lowest BCUT2D eigenvalue weighted by atomic mass is 10.1. The lowest BCUT2D eigenvalue weighted by Crippen LogP contribution is -2.22. The summed E-state index contributed by atoms with van der Waals surface area (Å²) in [5.74, 6) is 1.04. The van der Waals surface area contributed by atoms with Crippen LogP contribution in [0, 0.1) is 0 Å². The highest BCUT2D eigenvalue weighted by atomic mass is 32.2. The first kappa shape index (κ1) is 14.3. The van der Waals surface area contributed by atoms with Gasteiger partial charge >= 0.3 is 0 Å². The van der Waals surface area contributed by atoms with Gasteiger partial charge in [-0.15, -0.1) is 10.2 Å². The largest absolute Gasteiger partial charge is 0.416 e. The minimum atomic E-state index is -2.95. The van der Waals surface area contributed by atoms with Gasteiger partial charge in [0.15, 0.2) is 9.84 Å². The second-order valence-electron chi connectivity index (χ2n) is 4.34. The van der Waals surface area contributed by atoms with Gasteiger partial charge in [0.2, 0.25) is 11.8 Å². The number of nitrogens with one attached hydrogen (secondary N) is 1. The van der Waals surface area contributed by atoms with Gasteiger partial charge in [-0.1, -0.05) is 11.8 Å². The van der Waals surface area contributed by atoms with Crippen LogP contribution in [0.5, 0.6) is 0 Å². The van der Waals surface area contributed by atoms with Gasteiger partial charge < -0.3 is 9.73 Å². The van der Waals surface area contributed by atoms with E-state index >= 15 is 0 Å². The fourth-order valence-corrected chi connectivity index (χ4v) is 4.15. The highest BCUT2D eigenvalue weighted by Crippen LogP contribution is 2.29. The van der Waals surface area contributed by atoms with E-state index in [0.29, 0.717) is 29.8 Å². The van der Waals surface area contributed by atoms with Crippen molar-refractivity contribution in [2.45, 2.75) is 24.5 Å². The molecule has 1 N–H and O–H groups in total. The number of carbonyl (C=O) groups is 1. The van der Waals surface area contributed by atoms with E-state index in [-0.39, 0.29) is 23.3 Å². The lowest BCUT2D eigenvalue weighted by molar-refractivity contribution is -0.118. The topological polar surface area (TPSA) is 102 Å². The maximum atomic E-state index is 11.4. The van der Waals surface area contributed by atoms with Crippen molar-refractivity contribution in [2.24, 2.45) is 0 Å². The number of sulfone groups is 1. The molecule has 7 nitrogen and oxygen atoms in total. The Bertz CT molecular complexity index is 555. The monoisotopic (exact) mass is 305 g/mol. The molecule has 1 amide bonds. The SMILES string of the molecule is CC(=O)NCCSc1nnc([C@@H]2CCS(=O)(=O)C2)o1. The van der Waals surface area contributed by atoms with Crippen LogP contribution in [0.4, 0.5) is 0 Å². The van der Waals surface area contributed by atoms with Crippen LogP contribution in [0.2, 0.25) is 0 Å². The fraction of sp³-hybridized carbons (Fsp3) is 0.700. The molecule has 106 valence electrons. The molecule has 2 rings (SSSR count). The summed E-state index contributed by atoms with van der Waals surface area (Å²) in [5, 5.41) is 10.8. The van der Waals surface area contributed by atoms with Gasteiger partial charge in [0, 0.05) is 19.2 Å². The molecule has 0 radical (unpaired) electrons. The predicted octanol–water partition coefficient (Wildman–Crippen LogP) is 0.200. The molecule has 0 spiro atoms. The molecule has 1 fully saturated rings. The molecule has 1 saturated heterocycles. The molecule has 0 aromatic carbocycles. The third-order valence-electron chi connectivity index (χ3n) is 2.71. The summed E-state index contributed by atoms with van der Waals surface area (Å²) >= 11 is 1.34. The van der Waals surface area contributed by atoms with Crippen LogP contribution in [0.3, 0.4) is 0 Å². The van der Waals surface area contributed by atoms with Crippen molar-refractivity contribution in [3.63, 3.8) is 0 Å². The second kappa shape index (κ2) is 5.91. The predicted molar refractivity (Wildman–Crippen MR) is 69.7 cm³/mol. The van der Waals surface area contributed by atoms with Gasteiger partial charge in [0.1, 0.15) is 0 Å². The zero-order valence-electron chi connectivity index (χ0n) is 10.5. The highest BCUT2D eigenvalue weighted by Gasteiger charge is 2.32. The molecule has 1 aromatic rings. The minimum Gasteiger partial charge on any atom is -0.416 e. The van der Waals surface area contributed by atoms with Gasteiger partial charge in [-0.25, -0.2) is 8.42 Å². The average molecular weight is 305 g/mol. The van der Waals surface area contributed by atoms with E-state index in [1.807, 2.05) is 0 Å². The van der Waals surface area contributed by atoms with E-state index in [1.165, 1.54) is 18.7 Å². The van der Waals surface area contributed by atoms with Crippen LogP contribution in [0.25, 0.3) is 0 Å². The Labute approximate surface area is 115 Å². The van der Waals surface area contributed by atoms with E-state index in [2.05, 4.69) is 15.5 Å². The molecule has 0 bridgehead atoms. The number of amides is 1. The molecule has 1 aliphatic rings. The quantitative estimate of drug-likeness (QED) is 0.612. The number of hydrogen-bond donors (Lipinski definition) is 1. The number of rotatable bonds is 5. The zero-order chi connectivity index (χ0) is 13.9. The van der Waals surface area contributed by atoms with Gasteiger partial charge in [-0.05, 0) is 6.42 Å². The number of aromatic nitrogens is 2. The van der Waals surface area contributed by atoms with Crippen molar-refractivity contribution in [1.29, 1.82) is 0 Å². The van der Waals surface area contributed by atoms with Crippen LogP contribution in [0.15, 0.2) is 9.64 Å². The third kappa shape index (κ3) is 4.20. The standard InChI is InChI=1S/C10H15N3O4S2/c1-7(14)11-3-4-18-10-13-12-9(17-10)8-2-5-19(15,16)6-8/h8H,2-6H2,1H3,(H,11,14)/t8-/m1/s1. The molecule has 19 heavy (non-hydrogen) atoms. The molecule has 0 aliphatic carbocycles. The first-order chi connectivity index (χ1) is 8.96. The Morgan fingerprint density at radius 3 is 2.95 bits per heavy atom. The van der Waals surface area contributed by atoms with Gasteiger partial charge in [0.25, 0.3) is 5.22 Å². The Balaban J connectivity index is 1.84. The fourth-order valence-electron chi connectivity index (χ4n) is 1.80. The minimum absolute atomic E-state index is 0.0806. The van der Waals surface area contributed by atoms with Gasteiger partial charge in [-0.3, -0.25) is 4.79 Å². The van der Waals surface area contributed by atoms with Crippen LogP contribution in [-0.2, 0) is 14.6 Å². The van der Waals surface area contributed by atoms with Crippen LogP contribution in [-0.4, -0.2) is 48.3 Å². The maximum absolute atomic E-state index is 11.4. The van der Waals surface area contributed by atoms with Crippen molar-refractivity contribution in [3.8, 4) is 0 Å². The summed E-state index contributed by atoms with van der Waals surface area (Å²) in [7, 11) is -2.95. The van der Waals surface area contributed by atoms with Crippen molar-refractivity contribution in [2.75, 3.05) is 23.8 Å². The number of hydrogen-bond acceptors (Lipinski definition) is 7. The average Bonchev–Trinajstić information content (AvgIpc) is 2.90. The normalized spacial score (nSPS) is 21.4. The van der Waals surface area contributed by atoms with Crippen LogP contribution >= 0.6 is 11.8 Å². The van der Waals surface area contributed by atoms with Crippen molar-refractivity contribution in [3.05, 3.63) is 5.89 Å². The van der Waals surface area contributed by atoms with Gasteiger partial charge in [0.05, 0.1) is 17.4 Å². The van der Waals surface area contributed by atoms with E-state index < -0.39 is 9.84 Å². The Morgan fingerprint density at radius 2 is 2.32 bits per heavy atom. The maximum Gasteiger partial charge on any atom is 0.276 e. The van der Waals surface area contributed by atoms with E-state index in [9.17, 15) is 13.2 Å². The Kier molecular flexibility index (Phi) is 4.46. The smallest absolute Gasteiger partial charge is 0.276 e. The molecule has 0 unspecified atom stereocenters. The summed E-state index contributed by atoms with van der Waals surface area (Å²) in [5.41, 5.74) is 0. The number of thioether (sulfide) groups is 1. The van der Waals surface area contributed by atoms with Crippen LogP contribution in [0.1, 0.15) is 25.2 Å². The summed E-state index contributed by atoms with van der Waals surface area (Å²) in [4.78, 5) is 10.7. The molecule has 1 aromatic heterocycles. The molecule has 1 atom stereocenters. The Hall–Kier alpha value is -1.09. The molecule has 1 aliphatic heterocycles. The number of carbonyl (C=O) groups excluding carboxylic acids is 1. The number of nitrogens with zero attached hydrogens (tertiary/aromatic N) is 2. The van der Waals surface area contributed by atoms with E-state index in [0.717, 1.165) is 0 Å². The van der Waals surface area contributed by atoms with Gasteiger partial charge in [-0.2, -0.15) is 0 Å². The van der Waals surface area contributed by atoms with E-state index in [1.54, 1.807) is 0 Å². The molecule has 0 saturated carbocycles. The highest BCUT2D eigenvalue weighted by molar-refractivity contribution is 7.99. The molecular weight excluding hydrogens is 290 g/mol. The van der Waals surface area contributed by atoms with Crippen LogP contribution < -0.4 is 5.32 Å². The third-order valence-corrected chi connectivity index (χ3v) is 5.29. The van der Waals surface area contributed by atoms with Crippen molar-refractivity contribution in [1.82, 2.24) is 15.5 Å². The molecule has 2 heterocycles. The summed E-state index contributed by atoms with van der Waals surface area (Å²) in [6.45, 7) is 1.98. The second-order valence-corrected chi connectivity index (χ2v) is 7.61.